The second-order valence-electron chi connectivity index (χ2n) is 2.53. The molecule has 2 nitrogen and oxygen atoms in total. The number of hydrogen-bond acceptors (Lipinski definition) is 4. The molecular formula is C9H6N2S2. The van der Waals surface area contributed by atoms with Crippen LogP contribution in [0.2, 0.25) is 0 Å². The minimum Gasteiger partial charge on any atom is -0.241 e. The molecule has 2 aromatic heterocycles. The minimum absolute atomic E-state index is 0.737. The fourth-order valence-corrected chi connectivity index (χ4v) is 2.46. The van der Waals surface area contributed by atoms with Crippen LogP contribution in [0.5, 0.6) is 0 Å². The molecule has 0 atom stereocenters. The van der Waals surface area contributed by atoms with Crippen LogP contribution >= 0.6 is 22.7 Å². The van der Waals surface area contributed by atoms with E-state index in [0.29, 0.717) is 0 Å². The Kier molecular flexibility index (Phi) is 2.13. The van der Waals surface area contributed by atoms with Gasteiger partial charge in [-0.3, -0.25) is 0 Å². The number of rotatable bonds is 1. The van der Waals surface area contributed by atoms with Crippen molar-refractivity contribution in [2.24, 2.45) is 0 Å². The molecule has 0 aromatic carbocycles. The van der Waals surface area contributed by atoms with Gasteiger partial charge in [-0.1, -0.05) is 0 Å². The summed E-state index contributed by atoms with van der Waals surface area (Å²) in [4.78, 5) is 6.16. The molecule has 0 amide bonds. The Labute approximate surface area is 84.1 Å². The fraction of sp³-hybridized carbons (Fsp3) is 0.111. The van der Waals surface area contributed by atoms with E-state index in [0.717, 1.165) is 20.5 Å². The molecule has 0 N–H and O–H groups in total. The Bertz CT molecular complexity index is 462. The van der Waals surface area contributed by atoms with Gasteiger partial charge in [0, 0.05) is 5.38 Å². The summed E-state index contributed by atoms with van der Waals surface area (Å²) in [5, 5.41) is 11.7. The highest BCUT2D eigenvalue weighted by molar-refractivity contribution is 7.16. The second-order valence-corrected chi connectivity index (χ2v) is 4.67. The molecule has 4 heteroatoms. The summed E-state index contributed by atoms with van der Waals surface area (Å²) >= 11 is 3.11. The van der Waals surface area contributed by atoms with Crippen molar-refractivity contribution in [2.45, 2.75) is 6.92 Å². The van der Waals surface area contributed by atoms with Gasteiger partial charge < -0.3 is 0 Å². The molecule has 0 spiro atoms. The van der Waals surface area contributed by atoms with Crippen molar-refractivity contribution in [3.05, 3.63) is 27.4 Å². The third-order valence-corrected chi connectivity index (χ3v) is 3.37. The van der Waals surface area contributed by atoms with Gasteiger partial charge in [0.05, 0.1) is 15.6 Å². The largest absolute Gasteiger partial charge is 0.241 e. The van der Waals surface area contributed by atoms with Gasteiger partial charge in [0.1, 0.15) is 10.9 Å². The minimum atomic E-state index is 0.737. The number of aromatic nitrogens is 1. The summed E-state index contributed by atoms with van der Waals surface area (Å²) in [6, 6.07) is 5.89. The normalized spacial score (nSPS) is 9.85. The lowest BCUT2D eigenvalue weighted by atomic mass is 10.4. The SMILES string of the molecule is Cc1nc(-c2ccc(C#N)s2)cs1. The third-order valence-electron chi connectivity index (χ3n) is 1.59. The molecule has 2 rings (SSSR count). The zero-order chi connectivity index (χ0) is 9.26. The Morgan fingerprint density at radius 2 is 2.31 bits per heavy atom. The first-order valence-electron chi connectivity index (χ1n) is 3.72. The number of aryl methyl sites for hydroxylation is 1. The van der Waals surface area contributed by atoms with Crippen molar-refractivity contribution in [1.82, 2.24) is 4.98 Å². The van der Waals surface area contributed by atoms with Crippen LogP contribution in [0.25, 0.3) is 10.6 Å². The van der Waals surface area contributed by atoms with Crippen molar-refractivity contribution in [2.75, 3.05) is 0 Å². The Morgan fingerprint density at radius 1 is 1.46 bits per heavy atom. The van der Waals surface area contributed by atoms with Gasteiger partial charge in [-0.25, -0.2) is 4.98 Å². The van der Waals surface area contributed by atoms with Gasteiger partial charge in [0.15, 0.2) is 0 Å². The molecular weight excluding hydrogens is 200 g/mol. The summed E-state index contributed by atoms with van der Waals surface area (Å²) in [5.74, 6) is 0. The summed E-state index contributed by atoms with van der Waals surface area (Å²) in [7, 11) is 0. The molecule has 0 aliphatic rings. The number of thiazole rings is 1. The first-order valence-corrected chi connectivity index (χ1v) is 5.41. The maximum Gasteiger partial charge on any atom is 0.110 e. The number of nitriles is 1. The highest BCUT2D eigenvalue weighted by Gasteiger charge is 2.04. The van der Waals surface area contributed by atoms with Crippen LogP contribution in [-0.2, 0) is 0 Å². The lowest BCUT2D eigenvalue weighted by Gasteiger charge is -1.85. The zero-order valence-electron chi connectivity index (χ0n) is 6.94. The van der Waals surface area contributed by atoms with E-state index >= 15 is 0 Å². The summed E-state index contributed by atoms with van der Waals surface area (Å²) in [6.45, 7) is 1.98. The molecule has 0 bridgehead atoms. The van der Waals surface area contributed by atoms with Crippen molar-refractivity contribution in [3.63, 3.8) is 0 Å². The van der Waals surface area contributed by atoms with Gasteiger partial charge in [-0.2, -0.15) is 5.26 Å². The smallest absolute Gasteiger partial charge is 0.110 e. The maximum atomic E-state index is 8.65. The lowest BCUT2D eigenvalue weighted by molar-refractivity contribution is 1.31. The fourth-order valence-electron chi connectivity index (χ4n) is 1.01. The first-order chi connectivity index (χ1) is 6.29. The summed E-state index contributed by atoms with van der Waals surface area (Å²) in [5.41, 5.74) is 0.981. The standard InChI is InChI=1S/C9H6N2S2/c1-6-11-8(5-12-6)9-3-2-7(4-10)13-9/h2-3,5H,1H3. The van der Waals surface area contributed by atoms with E-state index in [1.165, 1.54) is 11.3 Å². The van der Waals surface area contributed by atoms with Crippen molar-refractivity contribution >= 4 is 22.7 Å². The van der Waals surface area contributed by atoms with Crippen molar-refractivity contribution in [3.8, 4) is 16.6 Å². The second kappa shape index (κ2) is 3.29. The van der Waals surface area contributed by atoms with Gasteiger partial charge in [0.2, 0.25) is 0 Å². The van der Waals surface area contributed by atoms with Crippen molar-refractivity contribution in [1.29, 1.82) is 5.26 Å². The van der Waals surface area contributed by atoms with E-state index in [-0.39, 0.29) is 0 Å². The molecule has 0 saturated carbocycles. The topological polar surface area (TPSA) is 36.7 Å². The van der Waals surface area contributed by atoms with Crippen LogP contribution in [0.15, 0.2) is 17.5 Å². The van der Waals surface area contributed by atoms with E-state index in [2.05, 4.69) is 11.1 Å². The molecule has 0 radical (unpaired) electrons. The van der Waals surface area contributed by atoms with Crippen molar-refractivity contribution < 1.29 is 0 Å². The number of nitrogens with zero attached hydrogens (tertiary/aromatic N) is 2. The predicted molar refractivity (Wildman–Crippen MR) is 54.9 cm³/mol. The average molecular weight is 206 g/mol. The van der Waals surface area contributed by atoms with E-state index < -0.39 is 0 Å². The van der Waals surface area contributed by atoms with E-state index in [1.54, 1.807) is 11.3 Å². The number of hydrogen-bond donors (Lipinski definition) is 0. The Hall–Kier alpha value is -1.18. The molecule has 0 unspecified atom stereocenters. The predicted octanol–water partition coefficient (Wildman–Crippen LogP) is 3.05. The first kappa shape index (κ1) is 8.42. The molecule has 64 valence electrons. The van der Waals surface area contributed by atoms with Gasteiger partial charge in [-0.05, 0) is 19.1 Å². The molecule has 2 heterocycles. The maximum absolute atomic E-state index is 8.65. The molecule has 0 saturated heterocycles. The van der Waals surface area contributed by atoms with Gasteiger partial charge in [-0.15, -0.1) is 22.7 Å². The summed E-state index contributed by atoms with van der Waals surface area (Å²) in [6.07, 6.45) is 0. The lowest BCUT2D eigenvalue weighted by Crippen LogP contribution is -1.70. The molecule has 0 aliphatic carbocycles. The van der Waals surface area contributed by atoms with Gasteiger partial charge >= 0.3 is 0 Å². The van der Waals surface area contributed by atoms with Crippen LogP contribution in [0.3, 0.4) is 0 Å². The average Bonchev–Trinajstić information content (AvgIpc) is 2.71. The zero-order valence-corrected chi connectivity index (χ0v) is 8.58. The highest BCUT2D eigenvalue weighted by atomic mass is 32.1. The van der Waals surface area contributed by atoms with Crippen LogP contribution in [-0.4, -0.2) is 4.98 Å². The van der Waals surface area contributed by atoms with E-state index in [4.69, 9.17) is 5.26 Å². The highest BCUT2D eigenvalue weighted by Crippen LogP contribution is 2.28. The van der Waals surface area contributed by atoms with Gasteiger partial charge in [0.25, 0.3) is 0 Å². The van der Waals surface area contributed by atoms with E-state index in [1.807, 2.05) is 24.4 Å². The molecule has 2 aromatic rings. The quantitative estimate of drug-likeness (QED) is 0.719. The summed E-state index contributed by atoms with van der Waals surface area (Å²) < 4.78 is 0. The van der Waals surface area contributed by atoms with Crippen LogP contribution in [0.1, 0.15) is 9.88 Å². The molecule has 0 fully saturated rings. The third kappa shape index (κ3) is 1.62. The molecule has 0 aliphatic heterocycles. The monoisotopic (exact) mass is 206 g/mol. The van der Waals surface area contributed by atoms with Crippen LogP contribution < -0.4 is 0 Å². The van der Waals surface area contributed by atoms with Crippen LogP contribution in [0.4, 0.5) is 0 Å². The molecule has 13 heavy (non-hydrogen) atoms. The van der Waals surface area contributed by atoms with Crippen LogP contribution in [0, 0.1) is 18.3 Å². The van der Waals surface area contributed by atoms with E-state index in [9.17, 15) is 0 Å². The number of thiophene rings is 1. The Balaban J connectivity index is 2.42. The Morgan fingerprint density at radius 3 is 2.85 bits per heavy atom.